The van der Waals surface area contributed by atoms with Gasteiger partial charge in [-0.05, 0) is 38.4 Å². The van der Waals surface area contributed by atoms with Crippen molar-refractivity contribution in [2.24, 2.45) is 0 Å². The molecule has 2 heterocycles. The molecule has 7 nitrogen and oxygen atoms in total. The Labute approximate surface area is 147 Å². The predicted molar refractivity (Wildman–Crippen MR) is 95.3 cm³/mol. The third kappa shape index (κ3) is 3.66. The van der Waals surface area contributed by atoms with E-state index < -0.39 is 0 Å². The molecule has 0 spiro atoms. The molecule has 3 rings (SSSR count). The van der Waals surface area contributed by atoms with E-state index in [1.165, 1.54) is 4.90 Å². The molecule has 2 atom stereocenters. The first kappa shape index (κ1) is 17.4. The van der Waals surface area contributed by atoms with E-state index in [0.717, 1.165) is 19.4 Å². The van der Waals surface area contributed by atoms with Crippen LogP contribution in [0.2, 0.25) is 0 Å². The van der Waals surface area contributed by atoms with Crippen molar-refractivity contribution < 1.29 is 14.4 Å². The highest BCUT2D eigenvalue weighted by molar-refractivity contribution is 6.05. The van der Waals surface area contributed by atoms with Gasteiger partial charge in [-0.15, -0.1) is 0 Å². The summed E-state index contributed by atoms with van der Waals surface area (Å²) in [5.41, 5.74) is 1.29. The van der Waals surface area contributed by atoms with E-state index in [1.807, 2.05) is 25.1 Å². The largest absolute Gasteiger partial charge is 0.335 e. The van der Waals surface area contributed by atoms with Crippen LogP contribution >= 0.6 is 0 Å². The van der Waals surface area contributed by atoms with Crippen molar-refractivity contribution in [3.63, 3.8) is 0 Å². The Hall–Kier alpha value is -2.41. The molecule has 1 aromatic rings. The van der Waals surface area contributed by atoms with E-state index in [9.17, 15) is 14.4 Å². The second-order valence-corrected chi connectivity index (χ2v) is 6.73. The maximum Gasteiger partial charge on any atom is 0.246 e. The van der Waals surface area contributed by atoms with Gasteiger partial charge in [0.25, 0.3) is 0 Å². The van der Waals surface area contributed by atoms with Crippen molar-refractivity contribution in [1.29, 1.82) is 0 Å². The van der Waals surface area contributed by atoms with Crippen LogP contribution in [0.4, 0.5) is 11.4 Å². The van der Waals surface area contributed by atoms with Gasteiger partial charge in [-0.3, -0.25) is 14.4 Å². The van der Waals surface area contributed by atoms with Crippen molar-refractivity contribution in [1.82, 2.24) is 10.2 Å². The van der Waals surface area contributed by atoms with Gasteiger partial charge in [0.2, 0.25) is 17.7 Å². The fraction of sp³-hybridized carbons (Fsp3) is 0.500. The summed E-state index contributed by atoms with van der Waals surface area (Å²) in [6, 6.07) is 6.78. The Morgan fingerprint density at radius 1 is 1.32 bits per heavy atom. The average molecular weight is 344 g/mol. The number of para-hydroxylation sites is 2. The zero-order valence-corrected chi connectivity index (χ0v) is 14.6. The molecule has 1 saturated heterocycles. The van der Waals surface area contributed by atoms with Crippen molar-refractivity contribution in [2.75, 3.05) is 30.4 Å². The van der Waals surface area contributed by atoms with E-state index in [0.29, 0.717) is 11.4 Å². The molecule has 3 amide bonds. The van der Waals surface area contributed by atoms with Crippen LogP contribution in [0.5, 0.6) is 0 Å². The molecule has 134 valence electrons. The Kier molecular flexibility index (Phi) is 5.03. The van der Waals surface area contributed by atoms with Crippen LogP contribution < -0.4 is 15.5 Å². The number of hydrogen-bond donors (Lipinski definition) is 2. The van der Waals surface area contributed by atoms with Crippen molar-refractivity contribution in [2.45, 2.75) is 38.3 Å². The monoisotopic (exact) mass is 344 g/mol. The van der Waals surface area contributed by atoms with Gasteiger partial charge < -0.3 is 20.4 Å². The number of carbonyl (C=O) groups excluding carboxylic acids is 3. The van der Waals surface area contributed by atoms with Gasteiger partial charge in [-0.1, -0.05) is 12.1 Å². The maximum atomic E-state index is 12.9. The molecule has 7 heteroatoms. The third-order valence-electron chi connectivity index (χ3n) is 4.74. The lowest BCUT2D eigenvalue weighted by Gasteiger charge is -2.30. The number of rotatable bonds is 3. The van der Waals surface area contributed by atoms with Crippen molar-refractivity contribution in [3.8, 4) is 0 Å². The van der Waals surface area contributed by atoms with E-state index in [1.54, 1.807) is 18.0 Å². The molecule has 2 aliphatic rings. The zero-order valence-electron chi connectivity index (χ0n) is 14.6. The summed E-state index contributed by atoms with van der Waals surface area (Å²) >= 11 is 0. The molecular weight excluding hydrogens is 320 g/mol. The summed E-state index contributed by atoms with van der Waals surface area (Å²) in [6.45, 7) is 2.67. The van der Waals surface area contributed by atoms with Crippen LogP contribution in [-0.2, 0) is 14.4 Å². The van der Waals surface area contributed by atoms with Crippen LogP contribution in [0.25, 0.3) is 0 Å². The number of hydrogen-bond acceptors (Lipinski definition) is 4. The molecular formula is C18H24N4O3. The molecule has 2 N–H and O–H groups in total. The van der Waals surface area contributed by atoms with Gasteiger partial charge in [0.15, 0.2) is 0 Å². The number of benzene rings is 1. The first-order valence-corrected chi connectivity index (χ1v) is 8.66. The highest BCUT2D eigenvalue weighted by Crippen LogP contribution is 2.31. The Balaban J connectivity index is 1.78. The van der Waals surface area contributed by atoms with E-state index >= 15 is 0 Å². The molecule has 0 bridgehead atoms. The summed E-state index contributed by atoms with van der Waals surface area (Å²) in [7, 11) is 1.65. The van der Waals surface area contributed by atoms with Crippen LogP contribution in [0.3, 0.4) is 0 Å². The van der Waals surface area contributed by atoms with Crippen LogP contribution in [0, 0.1) is 0 Å². The molecule has 0 aliphatic carbocycles. The maximum absolute atomic E-state index is 12.9. The van der Waals surface area contributed by atoms with E-state index in [2.05, 4.69) is 10.6 Å². The SMILES string of the molecule is CC1CC(=O)Nc2ccccc2N1C(=O)CN(C)C(=O)C1CCCN1. The Bertz CT molecular complexity index is 685. The topological polar surface area (TPSA) is 81.8 Å². The minimum absolute atomic E-state index is 0.0100. The van der Waals surface area contributed by atoms with Gasteiger partial charge in [0.1, 0.15) is 0 Å². The summed E-state index contributed by atoms with van der Waals surface area (Å²) < 4.78 is 0. The summed E-state index contributed by atoms with van der Waals surface area (Å²) in [5.74, 6) is -0.365. The Morgan fingerprint density at radius 3 is 2.80 bits per heavy atom. The highest BCUT2D eigenvalue weighted by atomic mass is 16.2. The first-order chi connectivity index (χ1) is 12.0. The fourth-order valence-corrected chi connectivity index (χ4v) is 3.49. The quantitative estimate of drug-likeness (QED) is 0.856. The molecule has 0 saturated carbocycles. The molecule has 0 aromatic heterocycles. The number of nitrogens with zero attached hydrogens (tertiary/aromatic N) is 2. The Morgan fingerprint density at radius 2 is 2.08 bits per heavy atom. The second kappa shape index (κ2) is 7.23. The predicted octanol–water partition coefficient (Wildman–Crippen LogP) is 0.961. The molecule has 25 heavy (non-hydrogen) atoms. The minimum Gasteiger partial charge on any atom is -0.335 e. The first-order valence-electron chi connectivity index (χ1n) is 8.66. The van der Waals surface area contributed by atoms with Crippen molar-refractivity contribution in [3.05, 3.63) is 24.3 Å². The third-order valence-corrected chi connectivity index (χ3v) is 4.74. The smallest absolute Gasteiger partial charge is 0.246 e. The molecule has 1 fully saturated rings. The number of nitrogens with one attached hydrogen (secondary N) is 2. The van der Waals surface area contributed by atoms with Crippen LogP contribution in [0.1, 0.15) is 26.2 Å². The van der Waals surface area contributed by atoms with Gasteiger partial charge in [0, 0.05) is 19.5 Å². The summed E-state index contributed by atoms with van der Waals surface area (Å²) in [5, 5.41) is 5.99. The number of amides is 3. The lowest BCUT2D eigenvalue weighted by Crippen LogP contribution is -2.49. The highest BCUT2D eigenvalue weighted by Gasteiger charge is 2.32. The lowest BCUT2D eigenvalue weighted by molar-refractivity contribution is -0.135. The molecule has 2 unspecified atom stereocenters. The van der Waals surface area contributed by atoms with E-state index in [4.69, 9.17) is 0 Å². The van der Waals surface area contributed by atoms with Gasteiger partial charge >= 0.3 is 0 Å². The van der Waals surface area contributed by atoms with Crippen LogP contribution in [0.15, 0.2) is 24.3 Å². The minimum atomic E-state index is -0.274. The average Bonchev–Trinajstić information content (AvgIpc) is 3.06. The second-order valence-electron chi connectivity index (χ2n) is 6.73. The number of carbonyl (C=O) groups is 3. The molecule has 0 radical (unpaired) electrons. The number of fused-ring (bicyclic) bond motifs is 1. The zero-order chi connectivity index (χ0) is 18.0. The summed E-state index contributed by atoms with van der Waals surface area (Å²) in [6.07, 6.45) is 2.00. The number of likely N-dealkylation sites (N-methyl/N-ethyl adjacent to an activating group) is 1. The normalized spacial score (nSPS) is 22.8. The van der Waals surface area contributed by atoms with E-state index in [-0.39, 0.29) is 42.8 Å². The van der Waals surface area contributed by atoms with Crippen LogP contribution in [-0.4, -0.2) is 54.8 Å². The van der Waals surface area contributed by atoms with Crippen molar-refractivity contribution >= 4 is 29.1 Å². The van der Waals surface area contributed by atoms with Gasteiger partial charge in [-0.25, -0.2) is 0 Å². The lowest BCUT2D eigenvalue weighted by atomic mass is 10.1. The molecule has 1 aromatic carbocycles. The standard InChI is InChI=1S/C18H24N4O3/c1-12-10-16(23)20-13-6-3-4-8-15(13)22(12)17(24)11-21(2)18(25)14-7-5-9-19-14/h3-4,6,8,12,14,19H,5,7,9-11H2,1-2H3,(H,20,23). The summed E-state index contributed by atoms with van der Waals surface area (Å²) in [4.78, 5) is 40.5. The number of anilines is 2. The fourth-order valence-electron chi connectivity index (χ4n) is 3.49. The molecule has 2 aliphatic heterocycles. The van der Waals surface area contributed by atoms with Gasteiger partial charge in [0.05, 0.1) is 24.0 Å². The van der Waals surface area contributed by atoms with Gasteiger partial charge in [-0.2, -0.15) is 0 Å².